The van der Waals surface area contributed by atoms with E-state index in [-0.39, 0.29) is 5.75 Å². The lowest BCUT2D eigenvalue weighted by molar-refractivity contribution is 0.480. The molecule has 0 atom stereocenters. The first-order valence-corrected chi connectivity index (χ1v) is 7.05. The quantitative estimate of drug-likeness (QED) is 0.749. The molecule has 0 saturated carbocycles. The number of aromatic nitrogens is 2. The maximum absolute atomic E-state index is 9.74. The number of para-hydroxylation sites is 1. The van der Waals surface area contributed by atoms with E-state index in [9.17, 15) is 5.11 Å². The molecule has 0 amide bonds. The number of fused-ring (bicyclic) bond motifs is 1. The second-order valence-corrected chi connectivity index (χ2v) is 5.46. The van der Waals surface area contributed by atoms with Crippen LogP contribution in [0.2, 0.25) is 0 Å². The average molecular weight is 283 g/mol. The molecular weight excluding hydrogens is 270 g/mol. The lowest BCUT2D eigenvalue weighted by Crippen LogP contribution is -1.98. The molecule has 0 aliphatic heterocycles. The zero-order valence-electron chi connectivity index (χ0n) is 10.9. The van der Waals surface area contributed by atoms with E-state index in [1.54, 1.807) is 23.6 Å². The Morgan fingerprint density at radius 2 is 2.15 bits per heavy atom. The Balaban J connectivity index is 1.85. The van der Waals surface area contributed by atoms with Crippen LogP contribution in [0.3, 0.4) is 0 Å². The summed E-state index contributed by atoms with van der Waals surface area (Å²) in [6, 6.07) is 11.2. The number of phenols is 1. The van der Waals surface area contributed by atoms with Crippen LogP contribution in [0.25, 0.3) is 10.2 Å². The number of nitrogens with zero attached hydrogens (tertiary/aromatic N) is 3. The highest BCUT2D eigenvalue weighted by atomic mass is 32.1. The SMILES string of the molecule is CC(=NCc1nc2c(O)cccc2s1)c1ccccn1. The van der Waals surface area contributed by atoms with Gasteiger partial charge >= 0.3 is 0 Å². The van der Waals surface area contributed by atoms with E-state index >= 15 is 0 Å². The van der Waals surface area contributed by atoms with Gasteiger partial charge in [-0.3, -0.25) is 9.98 Å². The molecule has 0 saturated heterocycles. The minimum absolute atomic E-state index is 0.218. The normalized spacial score (nSPS) is 11.9. The molecule has 1 N–H and O–H groups in total. The van der Waals surface area contributed by atoms with Crippen LogP contribution in [-0.2, 0) is 6.54 Å². The molecule has 20 heavy (non-hydrogen) atoms. The lowest BCUT2D eigenvalue weighted by Gasteiger charge is -1.98. The number of hydrogen-bond donors (Lipinski definition) is 1. The maximum Gasteiger partial charge on any atom is 0.142 e. The average Bonchev–Trinajstić information content (AvgIpc) is 2.90. The summed E-state index contributed by atoms with van der Waals surface area (Å²) in [7, 11) is 0. The number of aliphatic imine (C=N–C) groups is 1. The van der Waals surface area contributed by atoms with Gasteiger partial charge in [0.2, 0.25) is 0 Å². The Morgan fingerprint density at radius 1 is 1.25 bits per heavy atom. The van der Waals surface area contributed by atoms with E-state index in [2.05, 4.69) is 15.0 Å². The van der Waals surface area contributed by atoms with Crippen LogP contribution in [0, 0.1) is 0 Å². The summed E-state index contributed by atoms with van der Waals surface area (Å²) < 4.78 is 0.977. The van der Waals surface area contributed by atoms with Crippen molar-refractivity contribution >= 4 is 27.3 Å². The fourth-order valence-electron chi connectivity index (χ4n) is 1.89. The van der Waals surface area contributed by atoms with Crippen LogP contribution in [0.15, 0.2) is 47.6 Å². The van der Waals surface area contributed by atoms with Gasteiger partial charge in [0.1, 0.15) is 16.3 Å². The van der Waals surface area contributed by atoms with Gasteiger partial charge in [-0.05, 0) is 31.2 Å². The van der Waals surface area contributed by atoms with Gasteiger partial charge < -0.3 is 5.11 Å². The summed E-state index contributed by atoms with van der Waals surface area (Å²) in [5.74, 6) is 0.218. The summed E-state index contributed by atoms with van der Waals surface area (Å²) in [5.41, 5.74) is 2.41. The van der Waals surface area contributed by atoms with Crippen molar-refractivity contribution in [3.8, 4) is 5.75 Å². The topological polar surface area (TPSA) is 58.4 Å². The monoisotopic (exact) mass is 283 g/mol. The van der Waals surface area contributed by atoms with Crippen LogP contribution >= 0.6 is 11.3 Å². The largest absolute Gasteiger partial charge is 0.506 e. The minimum Gasteiger partial charge on any atom is -0.506 e. The van der Waals surface area contributed by atoms with Crippen molar-refractivity contribution in [1.29, 1.82) is 0 Å². The van der Waals surface area contributed by atoms with Gasteiger partial charge in [-0.15, -0.1) is 11.3 Å². The van der Waals surface area contributed by atoms with Crippen LogP contribution in [0.1, 0.15) is 17.6 Å². The zero-order chi connectivity index (χ0) is 13.9. The molecule has 5 heteroatoms. The maximum atomic E-state index is 9.74. The van der Waals surface area contributed by atoms with Crippen molar-refractivity contribution < 1.29 is 5.11 Å². The molecule has 2 aromatic heterocycles. The first-order chi connectivity index (χ1) is 9.74. The number of rotatable bonds is 3. The van der Waals surface area contributed by atoms with Crippen molar-refractivity contribution in [2.24, 2.45) is 4.99 Å². The Kier molecular flexibility index (Phi) is 3.43. The number of aromatic hydroxyl groups is 1. The molecule has 1 aromatic carbocycles. The highest BCUT2D eigenvalue weighted by Crippen LogP contribution is 2.29. The molecule has 2 heterocycles. The van der Waals surface area contributed by atoms with Gasteiger partial charge in [-0.1, -0.05) is 12.1 Å². The van der Waals surface area contributed by atoms with E-state index in [1.165, 1.54) is 0 Å². The fraction of sp³-hybridized carbons (Fsp3) is 0.133. The second kappa shape index (κ2) is 5.38. The molecule has 0 fully saturated rings. The molecule has 0 unspecified atom stereocenters. The summed E-state index contributed by atoms with van der Waals surface area (Å²) in [5, 5.41) is 10.6. The van der Waals surface area contributed by atoms with Gasteiger partial charge in [-0.2, -0.15) is 0 Å². The molecule has 0 spiro atoms. The summed E-state index contributed by atoms with van der Waals surface area (Å²) in [6.07, 6.45) is 1.75. The minimum atomic E-state index is 0.218. The Morgan fingerprint density at radius 3 is 2.90 bits per heavy atom. The smallest absolute Gasteiger partial charge is 0.142 e. The van der Waals surface area contributed by atoms with E-state index in [1.807, 2.05) is 37.3 Å². The van der Waals surface area contributed by atoms with Crippen LogP contribution < -0.4 is 0 Å². The molecule has 4 nitrogen and oxygen atoms in total. The first kappa shape index (κ1) is 12.7. The number of benzene rings is 1. The summed E-state index contributed by atoms with van der Waals surface area (Å²) in [6.45, 7) is 2.44. The van der Waals surface area contributed by atoms with Crippen molar-refractivity contribution in [2.45, 2.75) is 13.5 Å². The molecule has 0 radical (unpaired) electrons. The molecule has 3 aromatic rings. The number of thiazole rings is 1. The third-order valence-electron chi connectivity index (χ3n) is 2.93. The predicted octanol–water partition coefficient (Wildman–Crippen LogP) is 3.41. The standard InChI is InChI=1S/C15H13N3OS/c1-10(11-5-2-3-8-16-11)17-9-14-18-15-12(19)6-4-7-13(15)20-14/h2-8,19H,9H2,1H3. The van der Waals surface area contributed by atoms with Crippen molar-refractivity contribution in [1.82, 2.24) is 9.97 Å². The fourth-order valence-corrected chi connectivity index (χ4v) is 2.80. The van der Waals surface area contributed by atoms with Crippen molar-refractivity contribution in [3.05, 3.63) is 53.3 Å². The molecular formula is C15H13N3OS. The van der Waals surface area contributed by atoms with E-state index in [0.717, 1.165) is 21.1 Å². The van der Waals surface area contributed by atoms with Gasteiger partial charge in [0, 0.05) is 6.20 Å². The van der Waals surface area contributed by atoms with E-state index < -0.39 is 0 Å². The number of pyridine rings is 1. The molecule has 100 valence electrons. The predicted molar refractivity (Wildman–Crippen MR) is 81.4 cm³/mol. The molecule has 3 rings (SSSR count). The molecule has 0 aliphatic carbocycles. The van der Waals surface area contributed by atoms with Crippen LogP contribution in [-0.4, -0.2) is 20.8 Å². The number of hydrogen-bond acceptors (Lipinski definition) is 5. The van der Waals surface area contributed by atoms with E-state index in [4.69, 9.17) is 0 Å². The highest BCUT2D eigenvalue weighted by molar-refractivity contribution is 7.18. The molecule has 0 aliphatic rings. The van der Waals surface area contributed by atoms with Crippen LogP contribution in [0.4, 0.5) is 0 Å². The van der Waals surface area contributed by atoms with E-state index in [0.29, 0.717) is 12.1 Å². The second-order valence-electron chi connectivity index (χ2n) is 4.35. The van der Waals surface area contributed by atoms with Gasteiger partial charge in [-0.25, -0.2) is 4.98 Å². The molecule has 0 bridgehead atoms. The third kappa shape index (κ3) is 2.53. The lowest BCUT2D eigenvalue weighted by atomic mass is 10.2. The zero-order valence-corrected chi connectivity index (χ0v) is 11.8. The Hall–Kier alpha value is -2.27. The Labute approximate surface area is 120 Å². The Bertz CT molecular complexity index is 765. The summed E-state index contributed by atoms with van der Waals surface area (Å²) in [4.78, 5) is 13.2. The third-order valence-corrected chi connectivity index (χ3v) is 3.93. The summed E-state index contributed by atoms with van der Waals surface area (Å²) >= 11 is 1.55. The first-order valence-electron chi connectivity index (χ1n) is 6.24. The van der Waals surface area contributed by atoms with Crippen LogP contribution in [0.5, 0.6) is 5.75 Å². The van der Waals surface area contributed by atoms with Crippen molar-refractivity contribution in [2.75, 3.05) is 0 Å². The van der Waals surface area contributed by atoms with Crippen molar-refractivity contribution in [3.63, 3.8) is 0 Å². The highest BCUT2D eigenvalue weighted by Gasteiger charge is 2.07. The van der Waals surface area contributed by atoms with Gasteiger partial charge in [0.05, 0.1) is 22.7 Å². The van der Waals surface area contributed by atoms with Gasteiger partial charge in [0.15, 0.2) is 0 Å². The number of phenolic OH excluding ortho intramolecular Hbond substituents is 1. The van der Waals surface area contributed by atoms with Gasteiger partial charge in [0.25, 0.3) is 0 Å².